The third-order valence-corrected chi connectivity index (χ3v) is 5.21. The summed E-state index contributed by atoms with van der Waals surface area (Å²) in [5.41, 5.74) is 8.80. The average molecular weight is 456 g/mol. The number of ether oxygens (including phenoxy) is 1. The van der Waals surface area contributed by atoms with Crippen LogP contribution in [0.3, 0.4) is 0 Å². The maximum absolute atomic E-state index is 8.45. The maximum Gasteiger partial charge on any atom is 0.227 e. The van der Waals surface area contributed by atoms with E-state index in [1.807, 2.05) is 0 Å². The first kappa shape index (κ1) is 13.1. The Hall–Kier alpha value is -3.78. The topological polar surface area (TPSA) is 84.5 Å². The maximum atomic E-state index is 8.45. The Bertz CT molecular complexity index is 1660. The number of hydrogen-bond donors (Lipinski definition) is 2. The summed E-state index contributed by atoms with van der Waals surface area (Å²) in [6.45, 7) is -5.83. The van der Waals surface area contributed by atoms with Gasteiger partial charge in [-0.05, 0) is 32.1 Å². The molecule has 2 aromatic carbocycles. The molecular formula is C25H31N7O. The van der Waals surface area contributed by atoms with Gasteiger partial charge in [0.25, 0.3) is 0 Å². The van der Waals surface area contributed by atoms with Crippen LogP contribution in [0.15, 0.2) is 54.8 Å². The Labute approximate surface area is 208 Å². The van der Waals surface area contributed by atoms with Gasteiger partial charge in [-0.3, -0.25) is 0 Å². The van der Waals surface area contributed by atoms with Crippen LogP contribution in [-0.4, -0.2) is 60.6 Å². The predicted molar refractivity (Wildman–Crippen MR) is 136 cm³/mol. The molecule has 0 amide bonds. The van der Waals surface area contributed by atoms with E-state index < -0.39 is 14.0 Å². The third kappa shape index (κ3) is 4.70. The normalized spacial score (nSPS) is 16.4. The zero-order valence-corrected chi connectivity index (χ0v) is 18.5. The largest absolute Gasteiger partial charge is 0.494 e. The predicted octanol–water partition coefficient (Wildman–Crippen LogP) is 3.97. The number of aryl methyl sites for hydroxylation is 1. The van der Waals surface area contributed by atoms with Gasteiger partial charge in [0.2, 0.25) is 5.95 Å². The molecular weight excluding hydrogens is 414 g/mol. The van der Waals surface area contributed by atoms with Crippen LogP contribution in [0, 0.1) is 0 Å². The number of nitrogens with zero attached hydrogens (tertiary/aromatic N) is 5. The number of rotatable bonds is 8. The lowest BCUT2D eigenvalue weighted by Crippen LogP contribution is -2.29. The number of benzene rings is 2. The van der Waals surface area contributed by atoms with Gasteiger partial charge in [0, 0.05) is 70.3 Å². The van der Waals surface area contributed by atoms with E-state index in [-0.39, 0.29) is 43.2 Å². The standard InChI is InChI=1S/C25H31N7O/c1-30(2)12-13-31(3)23-15-24(33-5)21(14-19(23)26)29-25-27-11-10-20(28-25)18-16-32(4)22-9-7-6-8-17(18)22/h6-11,14-16H,12-13,26H2,1-5H3,(H,27,28,29)/i1D3,2D3,6D,7D,8D,9D. The molecule has 2 aromatic heterocycles. The SMILES string of the molecule is [2H]c1c([2H])c([2H])c2c(c(-c3ccnc(Nc4cc(N)c(N(C)CCN(C([2H])([2H])[2H])C([2H])([2H])[2H])cc4OC)n3)cn2C)c1[2H]. The smallest absolute Gasteiger partial charge is 0.227 e. The first-order valence-corrected chi connectivity index (χ1v) is 10.1. The van der Waals surface area contributed by atoms with Gasteiger partial charge in [0.1, 0.15) is 5.75 Å². The third-order valence-electron chi connectivity index (χ3n) is 5.21. The quantitative estimate of drug-likeness (QED) is 0.389. The lowest BCUT2D eigenvalue weighted by molar-refractivity contribution is 0.413. The van der Waals surface area contributed by atoms with E-state index in [4.69, 9.17) is 24.2 Å². The molecule has 0 radical (unpaired) electrons. The van der Waals surface area contributed by atoms with Crippen LogP contribution in [0.25, 0.3) is 22.2 Å². The first-order valence-electron chi connectivity index (χ1n) is 15.1. The van der Waals surface area contributed by atoms with Crippen LogP contribution in [0.1, 0.15) is 13.7 Å². The highest BCUT2D eigenvalue weighted by molar-refractivity contribution is 5.95. The zero-order chi connectivity index (χ0) is 32.0. The Kier molecular flexibility index (Phi) is 3.71. The highest BCUT2D eigenvalue weighted by Gasteiger charge is 2.15. The van der Waals surface area contributed by atoms with Crippen molar-refractivity contribution in [3.8, 4) is 17.0 Å². The fourth-order valence-corrected chi connectivity index (χ4v) is 3.53. The molecule has 8 heteroatoms. The van der Waals surface area contributed by atoms with Gasteiger partial charge in [-0.15, -0.1) is 0 Å². The molecule has 0 spiro atoms. The van der Waals surface area contributed by atoms with E-state index in [1.54, 1.807) is 48.0 Å². The van der Waals surface area contributed by atoms with Crippen molar-refractivity contribution in [3.63, 3.8) is 0 Å². The summed E-state index contributed by atoms with van der Waals surface area (Å²) < 4.78 is 85.4. The number of fused-ring (bicyclic) bond motifs is 1. The number of nitrogens with one attached hydrogen (secondary N) is 1. The second-order valence-electron chi connectivity index (χ2n) is 7.45. The molecule has 33 heavy (non-hydrogen) atoms. The molecule has 0 fully saturated rings. The van der Waals surface area contributed by atoms with Crippen LogP contribution in [-0.2, 0) is 7.05 Å². The van der Waals surface area contributed by atoms with Crippen LogP contribution in [0.2, 0.25) is 0 Å². The van der Waals surface area contributed by atoms with Gasteiger partial charge < -0.3 is 30.2 Å². The average Bonchev–Trinajstić information content (AvgIpc) is 3.26. The number of likely N-dealkylation sites (N-methyl/N-ethyl adjacent to an activating group) is 2. The lowest BCUT2D eigenvalue weighted by atomic mass is 10.1. The van der Waals surface area contributed by atoms with E-state index in [9.17, 15) is 0 Å². The lowest BCUT2D eigenvalue weighted by Gasteiger charge is -2.24. The van der Waals surface area contributed by atoms with Crippen molar-refractivity contribution in [2.75, 3.05) is 57.1 Å². The molecule has 0 atom stereocenters. The fraction of sp³-hybridized carbons (Fsp3) is 0.280. The van der Waals surface area contributed by atoms with Crippen LogP contribution in [0.5, 0.6) is 5.75 Å². The molecule has 4 aromatic rings. The van der Waals surface area contributed by atoms with E-state index in [2.05, 4.69) is 15.3 Å². The van der Waals surface area contributed by atoms with E-state index >= 15 is 0 Å². The van der Waals surface area contributed by atoms with Crippen molar-refractivity contribution in [2.45, 2.75) is 0 Å². The number of aromatic nitrogens is 3. The van der Waals surface area contributed by atoms with Gasteiger partial charge in [0.05, 0.1) is 35.3 Å². The first-order chi connectivity index (χ1) is 19.9. The molecule has 0 saturated heterocycles. The number of nitrogens with two attached hydrogens (primary N) is 1. The molecule has 8 nitrogen and oxygen atoms in total. The van der Waals surface area contributed by atoms with Crippen molar-refractivity contribution < 1.29 is 18.4 Å². The van der Waals surface area contributed by atoms with Crippen molar-refractivity contribution >= 4 is 33.9 Å². The van der Waals surface area contributed by atoms with E-state index in [0.717, 1.165) is 0 Å². The molecule has 172 valence electrons. The fourth-order valence-electron chi connectivity index (χ4n) is 3.53. The summed E-state index contributed by atoms with van der Waals surface area (Å²) >= 11 is 0. The van der Waals surface area contributed by atoms with Gasteiger partial charge in [-0.2, -0.15) is 0 Å². The molecule has 2 heterocycles. The highest BCUT2D eigenvalue weighted by Crippen LogP contribution is 2.36. The summed E-state index contributed by atoms with van der Waals surface area (Å²) in [7, 11) is 4.80. The highest BCUT2D eigenvalue weighted by atomic mass is 16.5. The van der Waals surface area contributed by atoms with Crippen LogP contribution in [0.4, 0.5) is 23.0 Å². The molecule has 0 aliphatic rings. The Morgan fingerprint density at radius 3 is 2.85 bits per heavy atom. The molecule has 0 bridgehead atoms. The van der Waals surface area contributed by atoms with Crippen molar-refractivity contribution in [1.82, 2.24) is 19.4 Å². The van der Waals surface area contributed by atoms with Crippen molar-refractivity contribution in [3.05, 3.63) is 54.8 Å². The summed E-state index contributed by atoms with van der Waals surface area (Å²) in [4.78, 5) is 11.0. The number of para-hydroxylation sites is 1. The Balaban J connectivity index is 1.64. The summed E-state index contributed by atoms with van der Waals surface area (Å²) in [6.07, 6.45) is 3.20. The number of nitrogen functional groups attached to an aromatic ring is 1. The molecule has 0 aliphatic carbocycles. The molecule has 0 unspecified atom stereocenters. The molecule has 3 N–H and O–H groups in total. The van der Waals surface area contributed by atoms with Gasteiger partial charge >= 0.3 is 0 Å². The van der Waals surface area contributed by atoms with Crippen LogP contribution >= 0.6 is 0 Å². The van der Waals surface area contributed by atoms with Gasteiger partial charge in [-0.1, -0.05) is 18.1 Å². The zero-order valence-electron chi connectivity index (χ0n) is 28.5. The monoisotopic (exact) mass is 455 g/mol. The second-order valence-corrected chi connectivity index (χ2v) is 7.45. The van der Waals surface area contributed by atoms with Crippen LogP contribution < -0.4 is 20.7 Å². The number of methoxy groups -OCH3 is 1. The molecule has 4 rings (SSSR count). The van der Waals surface area contributed by atoms with E-state index in [0.29, 0.717) is 49.9 Å². The minimum Gasteiger partial charge on any atom is -0.494 e. The number of hydrogen-bond acceptors (Lipinski definition) is 7. The summed E-state index contributed by atoms with van der Waals surface area (Å²) in [6, 6.07) is 3.86. The van der Waals surface area contributed by atoms with E-state index in [1.165, 1.54) is 13.3 Å². The minimum atomic E-state index is -2.80. The van der Waals surface area contributed by atoms with Gasteiger partial charge in [-0.25, -0.2) is 9.97 Å². The molecule has 0 aliphatic heterocycles. The number of anilines is 4. The van der Waals surface area contributed by atoms with Crippen molar-refractivity contribution in [1.29, 1.82) is 0 Å². The summed E-state index contributed by atoms with van der Waals surface area (Å²) in [5, 5.41) is 3.41. The summed E-state index contributed by atoms with van der Waals surface area (Å²) in [5.74, 6) is 0.521. The Morgan fingerprint density at radius 2 is 2.06 bits per heavy atom. The Morgan fingerprint density at radius 1 is 1.24 bits per heavy atom. The minimum absolute atomic E-state index is 0.0485. The second kappa shape index (κ2) is 9.38. The van der Waals surface area contributed by atoms with Gasteiger partial charge in [0.15, 0.2) is 0 Å². The molecule has 0 saturated carbocycles. The van der Waals surface area contributed by atoms with Crippen molar-refractivity contribution in [2.24, 2.45) is 7.05 Å².